The molecule has 0 aliphatic rings. The molecule has 7 heteroatoms. The first kappa shape index (κ1) is 15.1. The Morgan fingerprint density at radius 1 is 1.13 bits per heavy atom. The number of fused-ring (bicyclic) bond motifs is 1. The molecule has 0 bridgehead atoms. The number of benzene rings is 2. The van der Waals surface area contributed by atoms with Crippen LogP contribution in [0.15, 0.2) is 51.7 Å². The van der Waals surface area contributed by atoms with Gasteiger partial charge in [0.05, 0.1) is 23.6 Å². The summed E-state index contributed by atoms with van der Waals surface area (Å²) in [4.78, 5) is 16.1. The summed E-state index contributed by atoms with van der Waals surface area (Å²) in [6.45, 7) is 0. The van der Waals surface area contributed by atoms with E-state index in [4.69, 9.17) is 9.15 Å². The highest BCUT2D eigenvalue weighted by molar-refractivity contribution is 5.80. The van der Waals surface area contributed by atoms with E-state index < -0.39 is 17.4 Å². The molecule has 1 aromatic heterocycles. The topological polar surface area (TPSA) is 52.3 Å². The van der Waals surface area contributed by atoms with Crippen LogP contribution in [0.5, 0.6) is 5.75 Å². The molecule has 3 rings (SSSR count). The van der Waals surface area contributed by atoms with Crippen LogP contribution in [-0.2, 0) is 6.18 Å². The highest BCUT2D eigenvalue weighted by atomic mass is 19.4. The lowest BCUT2D eigenvalue weighted by atomic mass is 10.1. The average molecular weight is 321 g/mol. The van der Waals surface area contributed by atoms with Crippen LogP contribution in [-0.4, -0.2) is 12.1 Å². The summed E-state index contributed by atoms with van der Waals surface area (Å²) in [6.07, 6.45) is -4.58. The second-order valence-electron chi connectivity index (χ2n) is 4.73. The number of aromatic nitrogens is 1. The van der Waals surface area contributed by atoms with Crippen LogP contribution < -0.4 is 10.4 Å². The van der Waals surface area contributed by atoms with Crippen molar-refractivity contribution in [2.45, 2.75) is 6.18 Å². The minimum absolute atomic E-state index is 0.137. The van der Waals surface area contributed by atoms with Gasteiger partial charge in [-0.3, -0.25) is 0 Å². The molecule has 0 aliphatic carbocycles. The van der Waals surface area contributed by atoms with Gasteiger partial charge in [0.1, 0.15) is 5.75 Å². The lowest BCUT2D eigenvalue weighted by Crippen LogP contribution is -2.09. The molecule has 118 valence electrons. The van der Waals surface area contributed by atoms with Gasteiger partial charge in [-0.25, -0.2) is 9.78 Å². The Balaban J connectivity index is 2.25. The van der Waals surface area contributed by atoms with E-state index in [1.165, 1.54) is 37.4 Å². The van der Waals surface area contributed by atoms with Crippen LogP contribution in [0.3, 0.4) is 0 Å². The smallest absolute Gasteiger partial charge is 0.417 e. The maximum absolute atomic E-state index is 13.1. The molecule has 0 amide bonds. The predicted octanol–water partition coefficient (Wildman–Crippen LogP) is 3.88. The largest absolute Gasteiger partial charge is 0.497 e. The summed E-state index contributed by atoms with van der Waals surface area (Å²) in [6, 6.07) is 9.28. The van der Waals surface area contributed by atoms with Crippen molar-refractivity contribution in [1.29, 1.82) is 0 Å². The number of rotatable bonds is 2. The summed E-state index contributed by atoms with van der Waals surface area (Å²) in [7, 11) is 1.43. The minimum atomic E-state index is -4.58. The van der Waals surface area contributed by atoms with Crippen molar-refractivity contribution in [1.82, 2.24) is 4.98 Å². The lowest BCUT2D eigenvalue weighted by Gasteiger charge is -2.11. The maximum Gasteiger partial charge on any atom is 0.417 e. The molecule has 23 heavy (non-hydrogen) atoms. The lowest BCUT2D eigenvalue weighted by molar-refractivity contribution is -0.137. The fraction of sp³-hybridized carbons (Fsp3) is 0.125. The van der Waals surface area contributed by atoms with E-state index in [-0.39, 0.29) is 22.4 Å². The summed E-state index contributed by atoms with van der Waals surface area (Å²) < 4.78 is 49.2. The fourth-order valence-electron chi connectivity index (χ4n) is 2.21. The summed E-state index contributed by atoms with van der Waals surface area (Å²) in [5, 5.41) is 0.137. The second-order valence-corrected chi connectivity index (χ2v) is 4.73. The molecular weight excluding hydrogens is 311 g/mol. The van der Waals surface area contributed by atoms with Gasteiger partial charge < -0.3 is 9.15 Å². The quantitative estimate of drug-likeness (QED) is 0.719. The molecule has 0 N–H and O–H groups in total. The van der Waals surface area contributed by atoms with Gasteiger partial charge in [-0.05, 0) is 30.3 Å². The number of hydrogen-bond acceptors (Lipinski definition) is 4. The highest BCUT2D eigenvalue weighted by Gasteiger charge is 2.34. The molecule has 0 spiro atoms. The van der Waals surface area contributed by atoms with E-state index in [1.54, 1.807) is 6.07 Å². The van der Waals surface area contributed by atoms with Crippen molar-refractivity contribution in [2.75, 3.05) is 7.11 Å². The standard InChI is InChI=1S/C16H10F3NO3/c1-22-9-6-7-13-11(8-9)15(21)23-14(20-13)10-4-2-3-5-12(10)16(17,18)19/h2-8H,1H3. The van der Waals surface area contributed by atoms with Gasteiger partial charge in [-0.1, -0.05) is 12.1 Å². The van der Waals surface area contributed by atoms with Crippen LogP contribution in [0.4, 0.5) is 13.2 Å². The zero-order valence-corrected chi connectivity index (χ0v) is 11.8. The number of nitrogens with zero attached hydrogens (tertiary/aromatic N) is 1. The molecule has 3 aromatic rings. The van der Waals surface area contributed by atoms with Crippen LogP contribution >= 0.6 is 0 Å². The van der Waals surface area contributed by atoms with Crippen molar-refractivity contribution in [3.63, 3.8) is 0 Å². The molecule has 0 fully saturated rings. The molecule has 4 nitrogen and oxygen atoms in total. The van der Waals surface area contributed by atoms with Gasteiger partial charge in [0.25, 0.3) is 0 Å². The number of halogens is 3. The Labute approximate surface area is 128 Å². The van der Waals surface area contributed by atoms with Crippen molar-refractivity contribution in [2.24, 2.45) is 0 Å². The van der Waals surface area contributed by atoms with Crippen LogP contribution in [0, 0.1) is 0 Å². The molecule has 0 radical (unpaired) electrons. The van der Waals surface area contributed by atoms with Gasteiger partial charge in [0.2, 0.25) is 5.89 Å². The highest BCUT2D eigenvalue weighted by Crippen LogP contribution is 2.36. The predicted molar refractivity (Wildman–Crippen MR) is 77.3 cm³/mol. The van der Waals surface area contributed by atoms with Gasteiger partial charge in [0.15, 0.2) is 0 Å². The van der Waals surface area contributed by atoms with Gasteiger partial charge in [0, 0.05) is 5.56 Å². The van der Waals surface area contributed by atoms with E-state index in [2.05, 4.69) is 4.98 Å². The molecule has 0 unspecified atom stereocenters. The van der Waals surface area contributed by atoms with Crippen molar-refractivity contribution in [3.05, 3.63) is 58.4 Å². The normalized spacial score (nSPS) is 11.7. The summed E-state index contributed by atoms with van der Waals surface area (Å²) in [5.74, 6) is 0.0515. The maximum atomic E-state index is 13.1. The first-order chi connectivity index (χ1) is 10.9. The SMILES string of the molecule is COc1ccc2nc(-c3ccccc3C(F)(F)F)oc(=O)c2c1. The molecular formula is C16H10F3NO3. The minimum Gasteiger partial charge on any atom is -0.497 e. The number of ether oxygens (including phenoxy) is 1. The van der Waals surface area contributed by atoms with Crippen molar-refractivity contribution < 1.29 is 22.3 Å². The van der Waals surface area contributed by atoms with Crippen molar-refractivity contribution in [3.8, 4) is 17.2 Å². The van der Waals surface area contributed by atoms with E-state index in [9.17, 15) is 18.0 Å². The van der Waals surface area contributed by atoms with Gasteiger partial charge in [-0.15, -0.1) is 0 Å². The Hall–Kier alpha value is -2.83. The van der Waals surface area contributed by atoms with Crippen molar-refractivity contribution >= 4 is 10.9 Å². The molecule has 1 heterocycles. The molecule has 0 aliphatic heterocycles. The number of methoxy groups -OCH3 is 1. The number of hydrogen-bond donors (Lipinski definition) is 0. The Morgan fingerprint density at radius 3 is 2.57 bits per heavy atom. The second kappa shape index (κ2) is 5.42. The van der Waals surface area contributed by atoms with E-state index in [0.717, 1.165) is 6.07 Å². The zero-order chi connectivity index (χ0) is 16.6. The van der Waals surface area contributed by atoms with Gasteiger partial charge in [-0.2, -0.15) is 13.2 Å². The molecule has 0 atom stereocenters. The van der Waals surface area contributed by atoms with Gasteiger partial charge >= 0.3 is 11.8 Å². The first-order valence-corrected chi connectivity index (χ1v) is 6.55. The number of alkyl halides is 3. The summed E-state index contributed by atoms with van der Waals surface area (Å²) >= 11 is 0. The summed E-state index contributed by atoms with van der Waals surface area (Å²) in [5.41, 5.74) is -1.74. The third-order valence-corrected chi connectivity index (χ3v) is 3.30. The molecule has 2 aromatic carbocycles. The third-order valence-electron chi connectivity index (χ3n) is 3.30. The average Bonchev–Trinajstić information content (AvgIpc) is 2.53. The third kappa shape index (κ3) is 2.77. The Kier molecular flexibility index (Phi) is 3.55. The Morgan fingerprint density at radius 2 is 1.87 bits per heavy atom. The van der Waals surface area contributed by atoms with Crippen LogP contribution in [0.2, 0.25) is 0 Å². The monoisotopic (exact) mass is 321 g/mol. The van der Waals surface area contributed by atoms with E-state index in [1.807, 2.05) is 0 Å². The molecule has 0 saturated carbocycles. The van der Waals surface area contributed by atoms with Crippen LogP contribution in [0.25, 0.3) is 22.4 Å². The van der Waals surface area contributed by atoms with E-state index in [0.29, 0.717) is 5.75 Å². The van der Waals surface area contributed by atoms with E-state index >= 15 is 0 Å². The fourth-order valence-corrected chi connectivity index (χ4v) is 2.21. The molecule has 0 saturated heterocycles. The van der Waals surface area contributed by atoms with Crippen LogP contribution in [0.1, 0.15) is 5.56 Å². The Bertz CT molecular complexity index is 932. The first-order valence-electron chi connectivity index (χ1n) is 6.55. The zero-order valence-electron chi connectivity index (χ0n) is 11.8.